The lowest BCUT2D eigenvalue weighted by Gasteiger charge is -2.09. The molecule has 0 saturated carbocycles. The van der Waals surface area contributed by atoms with Crippen molar-refractivity contribution in [1.29, 1.82) is 0 Å². The van der Waals surface area contributed by atoms with Crippen molar-refractivity contribution >= 4 is 15.7 Å². The van der Waals surface area contributed by atoms with Gasteiger partial charge in [0.15, 0.2) is 11.5 Å². The molecule has 2 aromatic carbocycles. The van der Waals surface area contributed by atoms with Gasteiger partial charge in [-0.15, -0.1) is 15.3 Å². The number of sulfonamides is 1. The van der Waals surface area contributed by atoms with Crippen LogP contribution in [0.25, 0.3) is 17.0 Å². The molecule has 0 bridgehead atoms. The zero-order valence-corrected chi connectivity index (χ0v) is 16.2. The van der Waals surface area contributed by atoms with Gasteiger partial charge in [-0.25, -0.2) is 21.9 Å². The summed E-state index contributed by atoms with van der Waals surface area (Å²) in [6.45, 7) is -0.135. The summed E-state index contributed by atoms with van der Waals surface area (Å²) < 4.78 is 60.3. The van der Waals surface area contributed by atoms with Crippen LogP contribution in [0.3, 0.4) is 0 Å². The van der Waals surface area contributed by atoms with E-state index in [1.54, 1.807) is 24.3 Å². The summed E-state index contributed by atoms with van der Waals surface area (Å²) >= 11 is 0. The Bertz CT molecular complexity index is 1290. The van der Waals surface area contributed by atoms with Crippen LogP contribution >= 0.6 is 0 Å². The van der Waals surface area contributed by atoms with Gasteiger partial charge < -0.3 is 4.74 Å². The van der Waals surface area contributed by atoms with E-state index < -0.39 is 20.7 Å². The monoisotopic (exact) mass is 431 g/mol. The molecular weight excluding hydrogens is 416 g/mol. The van der Waals surface area contributed by atoms with E-state index in [-0.39, 0.29) is 24.8 Å². The molecule has 0 aliphatic heterocycles. The Hall–Kier alpha value is -3.44. The van der Waals surface area contributed by atoms with Crippen LogP contribution in [0.2, 0.25) is 0 Å². The van der Waals surface area contributed by atoms with E-state index in [9.17, 15) is 17.2 Å². The van der Waals surface area contributed by atoms with Gasteiger partial charge in [0.1, 0.15) is 23.1 Å². The van der Waals surface area contributed by atoms with Gasteiger partial charge in [-0.3, -0.25) is 0 Å². The minimum atomic E-state index is -4.00. The minimum Gasteiger partial charge on any atom is -0.475 e. The van der Waals surface area contributed by atoms with Crippen LogP contribution in [0.1, 0.15) is 0 Å². The van der Waals surface area contributed by atoms with Crippen molar-refractivity contribution in [2.45, 2.75) is 4.90 Å². The maximum Gasteiger partial charge on any atom is 0.243 e. The topological polar surface area (TPSA) is 98.5 Å². The lowest BCUT2D eigenvalue weighted by Crippen LogP contribution is -2.29. The van der Waals surface area contributed by atoms with Crippen molar-refractivity contribution < 1.29 is 21.9 Å². The van der Waals surface area contributed by atoms with Gasteiger partial charge in [-0.1, -0.05) is 12.1 Å². The molecule has 0 unspecified atom stereocenters. The smallest absolute Gasteiger partial charge is 0.243 e. The SMILES string of the molecule is O=S(=O)(NCCOc1ccc2nnc(-c3ccc(F)cc3)n2n1)c1ccccc1F. The van der Waals surface area contributed by atoms with Crippen LogP contribution in [0.4, 0.5) is 8.78 Å². The molecule has 154 valence electrons. The number of hydrogen-bond donors (Lipinski definition) is 1. The molecular formula is C19H15F2N5O3S. The number of nitrogens with zero attached hydrogens (tertiary/aromatic N) is 4. The molecule has 0 saturated heterocycles. The third-order valence-electron chi connectivity index (χ3n) is 4.11. The van der Waals surface area contributed by atoms with Crippen LogP contribution < -0.4 is 9.46 Å². The Labute approximate surface area is 170 Å². The first-order valence-electron chi connectivity index (χ1n) is 8.79. The van der Waals surface area contributed by atoms with Crippen molar-refractivity contribution in [3.8, 4) is 17.3 Å². The highest BCUT2D eigenvalue weighted by molar-refractivity contribution is 7.89. The third kappa shape index (κ3) is 4.11. The van der Waals surface area contributed by atoms with Gasteiger partial charge >= 0.3 is 0 Å². The predicted octanol–water partition coefficient (Wildman–Crippen LogP) is 2.43. The van der Waals surface area contributed by atoms with Gasteiger partial charge in [0.2, 0.25) is 15.9 Å². The van der Waals surface area contributed by atoms with E-state index in [2.05, 4.69) is 20.0 Å². The van der Waals surface area contributed by atoms with Crippen LogP contribution in [-0.2, 0) is 10.0 Å². The molecule has 11 heteroatoms. The fourth-order valence-electron chi connectivity index (χ4n) is 2.70. The van der Waals surface area contributed by atoms with E-state index in [0.29, 0.717) is 17.0 Å². The summed E-state index contributed by atoms with van der Waals surface area (Å²) in [4.78, 5) is -0.432. The first-order chi connectivity index (χ1) is 14.4. The lowest BCUT2D eigenvalue weighted by atomic mass is 10.2. The van der Waals surface area contributed by atoms with Gasteiger partial charge in [-0.2, -0.15) is 4.52 Å². The Kier molecular flexibility index (Phi) is 5.38. The molecule has 2 heterocycles. The standard InChI is InChI=1S/C19H15F2N5O3S/c20-14-7-5-13(6-8-14)19-24-23-17-9-10-18(25-26(17)19)29-12-11-22-30(27,28)16-4-2-1-3-15(16)21/h1-10,22H,11-12H2. The first kappa shape index (κ1) is 19.9. The number of fused-ring (bicyclic) bond motifs is 1. The fourth-order valence-corrected chi connectivity index (χ4v) is 3.79. The van der Waals surface area contributed by atoms with E-state index >= 15 is 0 Å². The zero-order valence-electron chi connectivity index (χ0n) is 15.4. The Morgan fingerprint density at radius 3 is 2.50 bits per heavy atom. The van der Waals surface area contributed by atoms with Crippen molar-refractivity contribution in [1.82, 2.24) is 24.5 Å². The largest absolute Gasteiger partial charge is 0.475 e. The predicted molar refractivity (Wildman–Crippen MR) is 103 cm³/mol. The summed E-state index contributed by atoms with van der Waals surface area (Å²) in [5.74, 6) is -0.604. The van der Waals surface area contributed by atoms with E-state index in [1.807, 2.05) is 0 Å². The normalized spacial score (nSPS) is 11.7. The van der Waals surface area contributed by atoms with E-state index in [0.717, 1.165) is 6.07 Å². The molecule has 0 aliphatic carbocycles. The zero-order chi connectivity index (χ0) is 21.1. The number of halogens is 2. The highest BCUT2D eigenvalue weighted by Crippen LogP contribution is 2.19. The van der Waals surface area contributed by atoms with Gasteiger partial charge in [0.05, 0.1) is 0 Å². The van der Waals surface area contributed by atoms with Crippen molar-refractivity contribution in [3.05, 3.63) is 72.3 Å². The maximum absolute atomic E-state index is 13.7. The Balaban J connectivity index is 1.44. The second-order valence-electron chi connectivity index (χ2n) is 6.15. The van der Waals surface area contributed by atoms with Crippen LogP contribution in [0.5, 0.6) is 5.88 Å². The highest BCUT2D eigenvalue weighted by atomic mass is 32.2. The van der Waals surface area contributed by atoms with Crippen LogP contribution in [0.15, 0.2) is 65.6 Å². The number of hydrogen-bond acceptors (Lipinski definition) is 6. The van der Waals surface area contributed by atoms with Gasteiger partial charge in [-0.05, 0) is 42.5 Å². The van der Waals surface area contributed by atoms with Gasteiger partial charge in [0, 0.05) is 18.2 Å². The molecule has 4 rings (SSSR count). The quantitative estimate of drug-likeness (QED) is 0.452. The molecule has 0 fully saturated rings. The Morgan fingerprint density at radius 1 is 0.967 bits per heavy atom. The summed E-state index contributed by atoms with van der Waals surface area (Å²) in [7, 11) is -4.00. The van der Waals surface area contributed by atoms with Gasteiger partial charge in [0.25, 0.3) is 0 Å². The molecule has 30 heavy (non-hydrogen) atoms. The minimum absolute atomic E-state index is 0.0415. The first-order valence-corrected chi connectivity index (χ1v) is 10.3. The summed E-state index contributed by atoms with van der Waals surface area (Å²) in [5.41, 5.74) is 1.08. The Morgan fingerprint density at radius 2 is 1.73 bits per heavy atom. The number of benzene rings is 2. The average Bonchev–Trinajstić information content (AvgIpc) is 3.15. The number of rotatable bonds is 7. The summed E-state index contributed by atoms with van der Waals surface area (Å²) in [6.07, 6.45) is 0. The molecule has 0 amide bonds. The molecule has 0 atom stereocenters. The van der Waals surface area contributed by atoms with E-state index in [1.165, 1.54) is 34.8 Å². The maximum atomic E-state index is 13.7. The second kappa shape index (κ2) is 8.13. The molecule has 0 radical (unpaired) electrons. The van der Waals surface area contributed by atoms with Crippen LogP contribution in [0, 0.1) is 11.6 Å². The van der Waals surface area contributed by atoms with E-state index in [4.69, 9.17) is 4.74 Å². The molecule has 2 aromatic heterocycles. The lowest BCUT2D eigenvalue weighted by molar-refractivity contribution is 0.306. The third-order valence-corrected chi connectivity index (χ3v) is 5.61. The average molecular weight is 431 g/mol. The molecule has 0 aliphatic rings. The van der Waals surface area contributed by atoms with Crippen molar-refractivity contribution in [3.63, 3.8) is 0 Å². The molecule has 4 aromatic rings. The number of nitrogens with one attached hydrogen (secondary N) is 1. The fraction of sp³-hybridized carbons (Fsp3) is 0.105. The van der Waals surface area contributed by atoms with Crippen LogP contribution in [-0.4, -0.2) is 41.4 Å². The van der Waals surface area contributed by atoms with Crippen molar-refractivity contribution in [2.75, 3.05) is 13.2 Å². The summed E-state index contributed by atoms with van der Waals surface area (Å²) in [5, 5.41) is 12.3. The molecule has 0 spiro atoms. The summed E-state index contributed by atoms with van der Waals surface area (Å²) in [6, 6.07) is 14.0. The van der Waals surface area contributed by atoms with Crippen molar-refractivity contribution in [2.24, 2.45) is 0 Å². The molecule has 8 nitrogen and oxygen atoms in total. The number of ether oxygens (including phenoxy) is 1. The highest BCUT2D eigenvalue weighted by Gasteiger charge is 2.18. The molecule has 1 N–H and O–H groups in total. The second-order valence-corrected chi connectivity index (χ2v) is 7.88. The number of aromatic nitrogens is 4.